The van der Waals surface area contributed by atoms with Crippen molar-refractivity contribution in [2.45, 2.75) is 62.2 Å². The number of amides is 1. The van der Waals surface area contributed by atoms with Crippen LogP contribution in [-0.4, -0.2) is 49.5 Å². The first-order valence-electron chi connectivity index (χ1n) is 23.7. The number of para-hydroxylation sites is 5. The Morgan fingerprint density at radius 2 is 1.04 bits per heavy atom. The summed E-state index contributed by atoms with van der Waals surface area (Å²) in [4.78, 5) is 16.5. The van der Waals surface area contributed by atoms with Gasteiger partial charge in [0.1, 0.15) is 20.2 Å². The molecule has 0 unspecified atom stereocenters. The second-order valence-corrected chi connectivity index (χ2v) is 21.1. The van der Waals surface area contributed by atoms with Gasteiger partial charge >= 0.3 is 0 Å². The average Bonchev–Trinajstić information content (AvgIpc) is 3.74. The molecule has 9 rings (SSSR count). The molecule has 0 spiro atoms. The first-order chi connectivity index (χ1) is 35.3. The summed E-state index contributed by atoms with van der Waals surface area (Å²) in [7, 11) is -9.04. The maximum Gasteiger partial charge on any atom is 0.227 e. The lowest BCUT2D eigenvalue weighted by Gasteiger charge is -2.17. The van der Waals surface area contributed by atoms with Crippen molar-refractivity contribution in [1.82, 2.24) is 9.15 Å². The van der Waals surface area contributed by atoms with E-state index in [9.17, 15) is 30.7 Å². The lowest BCUT2D eigenvalue weighted by Crippen LogP contribution is -3.00. The van der Waals surface area contributed by atoms with Crippen LogP contribution < -0.4 is 36.8 Å². The number of hydrogen-bond acceptors (Lipinski definition) is 8. The summed E-state index contributed by atoms with van der Waals surface area (Å²) >= 11 is 0. The van der Waals surface area contributed by atoms with E-state index in [1.807, 2.05) is 217 Å². The van der Waals surface area contributed by atoms with Gasteiger partial charge in [0.05, 0.1) is 20.6 Å². The quantitative estimate of drug-likeness (QED) is 0.0548. The molecule has 0 fully saturated rings. The Morgan fingerprint density at radius 3 is 1.55 bits per heavy atom. The molecule has 12 nitrogen and oxygen atoms in total. The Morgan fingerprint density at radius 1 is 0.587 bits per heavy atom. The van der Waals surface area contributed by atoms with E-state index in [0.717, 1.165) is 62.4 Å². The van der Waals surface area contributed by atoms with Crippen LogP contribution in [0.1, 0.15) is 52.7 Å². The van der Waals surface area contributed by atoms with Gasteiger partial charge in [0.15, 0.2) is 17.6 Å². The van der Waals surface area contributed by atoms with Gasteiger partial charge in [0.25, 0.3) is 0 Å². The number of halogens is 1. The first kappa shape index (κ1) is 56.4. The monoisotopic (exact) mass is 1060 g/mol. The molecule has 0 radical (unpaired) electrons. The highest BCUT2D eigenvalue weighted by atomic mass is 35.5. The molecule has 0 aliphatic carbocycles. The fourth-order valence-corrected chi connectivity index (χ4v) is 9.63. The number of carbonyl (C=O) groups is 1. The second-order valence-electron chi connectivity index (χ2n) is 18.3. The topological polar surface area (TPSA) is 167 Å². The van der Waals surface area contributed by atoms with E-state index < -0.39 is 25.7 Å². The average molecular weight is 1060 g/mol. The zero-order valence-corrected chi connectivity index (χ0v) is 44.7. The lowest BCUT2D eigenvalue weighted by atomic mass is 9.81. The fraction of sp³-hybridized carbons (Fsp3) is 0.133. The van der Waals surface area contributed by atoms with Gasteiger partial charge in [-0.2, -0.15) is 9.15 Å². The normalized spacial score (nSPS) is 14.5. The lowest BCUT2D eigenvalue weighted by molar-refractivity contribution is -0.346. The molecule has 15 heteroatoms. The molecule has 7 aromatic carbocycles. The molecule has 0 bridgehead atoms. The molecular formula is C60H58ClN5O7S2. The molecule has 7 aromatic rings. The summed E-state index contributed by atoms with van der Waals surface area (Å²) in [6.45, 7) is 11.6. The number of fused-ring (bicyclic) bond motifs is 2. The molecule has 384 valence electrons. The molecule has 0 atom stereocenters. The van der Waals surface area contributed by atoms with Gasteiger partial charge in [0.2, 0.25) is 34.3 Å². The Bertz CT molecular complexity index is 3550. The Labute approximate surface area is 446 Å². The minimum absolute atomic E-state index is 0. The largest absolute Gasteiger partial charge is 1.00 e. The highest BCUT2D eigenvalue weighted by Gasteiger charge is 2.46. The Hall–Kier alpha value is -7.85. The van der Waals surface area contributed by atoms with Gasteiger partial charge in [-0.05, 0) is 82.3 Å². The fourth-order valence-electron chi connectivity index (χ4n) is 8.63. The minimum atomic E-state index is -4.58. The molecule has 0 saturated heterocycles. The smallest absolute Gasteiger partial charge is 0.227 e. The summed E-state index contributed by atoms with van der Waals surface area (Å²) < 4.78 is 73.1. The predicted molar refractivity (Wildman–Crippen MR) is 297 cm³/mol. The standard InChI is InChI=1S/C28H26N2O4S.C17H17NO3S.C15H14N2.ClH/c1-21(31)29(22-12-6-4-7-13-22)19-11-10-16-27-28(2,3)25-20-24(35(32,33)34)17-18-26(25)30(27)23-14-8-5-9-15-23;1-12-17(2,3)15-11-14(22(19,20)21)9-10-16(15)18(12)13-7-5-4-6-8-13;1-3-8-14(9-4-1)16-12-7-13-17-15-10-5-2-6-11-15;/h4-20H,1-3H3;4-11H,1-3H3;1-13,16H;1H/b;;12-7+,17-13?;. The third kappa shape index (κ3) is 13.7. The third-order valence-corrected chi connectivity index (χ3v) is 14.4. The zero-order valence-electron chi connectivity index (χ0n) is 42.3. The van der Waals surface area contributed by atoms with Crippen LogP contribution in [0.2, 0.25) is 0 Å². The number of allylic oxidation sites excluding steroid dienone is 4. The van der Waals surface area contributed by atoms with Gasteiger partial charge in [-0.3, -0.25) is 9.69 Å². The van der Waals surface area contributed by atoms with Gasteiger partial charge in [0, 0.05) is 109 Å². The van der Waals surface area contributed by atoms with Crippen LogP contribution >= 0.6 is 0 Å². The maximum absolute atomic E-state index is 12.2. The SMILES string of the molecule is C(/C=C/Nc1ccccc1)=[NH+]c1ccccc1.CC(=O)N(/C=C/C=C/C1=[N+](c2ccccc2)c2ccc(S(=O)(=O)[O-])cc2C1(C)C)c1ccccc1.CC1=[N+](c2ccccc2)c2ccc(S(=O)(=O)[O-])cc2C1(C)C.[Cl-]. The summed E-state index contributed by atoms with van der Waals surface area (Å²) in [5.41, 5.74) is 9.25. The summed E-state index contributed by atoms with van der Waals surface area (Å²) in [6, 6.07) is 58.2. The van der Waals surface area contributed by atoms with Crippen molar-refractivity contribution in [3.8, 4) is 0 Å². The molecular weight excluding hydrogens is 1000 g/mol. The van der Waals surface area contributed by atoms with Crippen LogP contribution in [0.3, 0.4) is 0 Å². The van der Waals surface area contributed by atoms with Crippen molar-refractivity contribution in [2.75, 3.05) is 10.2 Å². The van der Waals surface area contributed by atoms with E-state index in [-0.39, 0.29) is 33.5 Å². The van der Waals surface area contributed by atoms with Crippen molar-refractivity contribution >= 4 is 83.6 Å². The van der Waals surface area contributed by atoms with Crippen LogP contribution in [0.4, 0.5) is 39.8 Å². The van der Waals surface area contributed by atoms with Gasteiger partial charge in [-0.25, -0.2) is 21.8 Å². The van der Waals surface area contributed by atoms with Crippen molar-refractivity contribution in [1.29, 1.82) is 0 Å². The van der Waals surface area contributed by atoms with E-state index in [1.165, 1.54) is 31.2 Å². The van der Waals surface area contributed by atoms with E-state index in [0.29, 0.717) is 0 Å². The van der Waals surface area contributed by atoms with Crippen LogP contribution in [-0.2, 0) is 35.9 Å². The van der Waals surface area contributed by atoms with E-state index >= 15 is 0 Å². The summed E-state index contributed by atoms with van der Waals surface area (Å²) in [5.74, 6) is -0.112. The van der Waals surface area contributed by atoms with Crippen molar-refractivity contribution < 1.29 is 48.1 Å². The molecule has 2 N–H and O–H groups in total. The van der Waals surface area contributed by atoms with Crippen molar-refractivity contribution in [3.05, 3.63) is 236 Å². The van der Waals surface area contributed by atoms with Crippen LogP contribution in [0.15, 0.2) is 235 Å². The number of nitrogens with one attached hydrogen (secondary N) is 2. The molecule has 2 aliphatic heterocycles. The zero-order chi connectivity index (χ0) is 53.1. The number of carbonyl (C=O) groups excluding carboxylic acids is 1. The number of hydrogen-bond donors (Lipinski definition) is 2. The van der Waals surface area contributed by atoms with E-state index in [4.69, 9.17) is 0 Å². The molecule has 2 aliphatic rings. The molecule has 2 heterocycles. The van der Waals surface area contributed by atoms with Gasteiger partial charge in [-0.1, -0.05) is 97.1 Å². The summed E-state index contributed by atoms with van der Waals surface area (Å²) in [5, 5.41) is 3.18. The predicted octanol–water partition coefficient (Wildman–Crippen LogP) is 7.56. The highest BCUT2D eigenvalue weighted by molar-refractivity contribution is 7.86. The molecule has 1 amide bonds. The van der Waals surface area contributed by atoms with Crippen LogP contribution in [0.5, 0.6) is 0 Å². The van der Waals surface area contributed by atoms with Crippen molar-refractivity contribution in [2.24, 2.45) is 0 Å². The summed E-state index contributed by atoms with van der Waals surface area (Å²) in [6.07, 6.45) is 13.0. The van der Waals surface area contributed by atoms with Crippen molar-refractivity contribution in [3.63, 3.8) is 0 Å². The number of benzene rings is 7. The van der Waals surface area contributed by atoms with Crippen LogP contribution in [0.25, 0.3) is 0 Å². The Kier molecular flexibility index (Phi) is 18.4. The van der Waals surface area contributed by atoms with Gasteiger partial charge < -0.3 is 26.8 Å². The molecule has 0 saturated carbocycles. The number of anilines is 2. The first-order valence-corrected chi connectivity index (χ1v) is 26.5. The maximum atomic E-state index is 12.2. The number of rotatable bonds is 12. The third-order valence-electron chi connectivity index (χ3n) is 12.7. The van der Waals surface area contributed by atoms with E-state index in [1.54, 1.807) is 29.3 Å². The van der Waals surface area contributed by atoms with Crippen LogP contribution in [0, 0.1) is 0 Å². The van der Waals surface area contributed by atoms with Gasteiger partial charge in [-0.15, -0.1) is 0 Å². The molecule has 0 aromatic heterocycles. The van der Waals surface area contributed by atoms with E-state index in [2.05, 4.69) is 19.5 Å². The number of nitrogens with zero attached hydrogens (tertiary/aromatic N) is 3. The minimum Gasteiger partial charge on any atom is -1.00 e. The highest BCUT2D eigenvalue weighted by Crippen LogP contribution is 2.44. The molecule has 75 heavy (non-hydrogen) atoms. The second kappa shape index (κ2) is 24.5. The Balaban J connectivity index is 0.000000196.